The molecular formula is C21H32N4O2. The van der Waals surface area contributed by atoms with Crippen LogP contribution in [0.1, 0.15) is 47.8 Å². The first-order valence-electron chi connectivity index (χ1n) is 9.66. The van der Waals surface area contributed by atoms with Gasteiger partial charge in [0.25, 0.3) is 0 Å². The van der Waals surface area contributed by atoms with Gasteiger partial charge in [-0.15, -0.1) is 0 Å². The summed E-state index contributed by atoms with van der Waals surface area (Å²) < 4.78 is 1.96. The van der Waals surface area contributed by atoms with Gasteiger partial charge in [-0.2, -0.15) is 5.10 Å². The van der Waals surface area contributed by atoms with Gasteiger partial charge in [0.15, 0.2) is 0 Å². The first-order valence-corrected chi connectivity index (χ1v) is 9.66. The normalized spacial score (nSPS) is 11.2. The van der Waals surface area contributed by atoms with Crippen LogP contribution >= 0.6 is 0 Å². The minimum atomic E-state index is -0.353. The van der Waals surface area contributed by atoms with Gasteiger partial charge in [0, 0.05) is 32.3 Å². The largest absolute Gasteiger partial charge is 0.299 e. The fraction of sp³-hybridized carbons (Fsp3) is 0.524. The van der Waals surface area contributed by atoms with Crippen LogP contribution < -0.4 is 5.48 Å². The van der Waals surface area contributed by atoms with Crippen LogP contribution in [0.15, 0.2) is 24.3 Å². The Hall–Kier alpha value is -2.18. The third-order valence-corrected chi connectivity index (χ3v) is 5.07. The van der Waals surface area contributed by atoms with Crippen LogP contribution in [0.25, 0.3) is 0 Å². The lowest BCUT2D eigenvalue weighted by Gasteiger charge is -2.22. The fourth-order valence-corrected chi connectivity index (χ4v) is 3.42. The van der Waals surface area contributed by atoms with Gasteiger partial charge in [-0.1, -0.05) is 31.2 Å². The van der Waals surface area contributed by atoms with E-state index in [-0.39, 0.29) is 5.91 Å². The average molecular weight is 373 g/mol. The number of hydroxylamine groups is 1. The SMILES string of the molecule is CCCN(CCc1c(C)nn(C)c1C)Cc1ccc(CCC(=O)NO)cc1. The van der Waals surface area contributed by atoms with E-state index in [1.165, 1.54) is 16.8 Å². The van der Waals surface area contributed by atoms with Crippen molar-refractivity contribution in [1.29, 1.82) is 0 Å². The molecule has 1 aromatic heterocycles. The average Bonchev–Trinajstić information content (AvgIpc) is 2.90. The maximum absolute atomic E-state index is 11.1. The van der Waals surface area contributed by atoms with E-state index in [1.807, 2.05) is 11.7 Å². The molecule has 0 aliphatic rings. The highest BCUT2D eigenvalue weighted by atomic mass is 16.5. The van der Waals surface area contributed by atoms with Crippen molar-refractivity contribution < 1.29 is 10.0 Å². The Balaban J connectivity index is 1.93. The van der Waals surface area contributed by atoms with Gasteiger partial charge in [0.05, 0.1) is 5.69 Å². The van der Waals surface area contributed by atoms with Crippen LogP contribution in [0.3, 0.4) is 0 Å². The number of nitrogens with one attached hydrogen (secondary N) is 1. The molecular weight excluding hydrogens is 340 g/mol. The van der Waals surface area contributed by atoms with Gasteiger partial charge in [-0.05, 0) is 56.3 Å². The molecule has 148 valence electrons. The summed E-state index contributed by atoms with van der Waals surface area (Å²) in [5, 5.41) is 13.1. The first-order chi connectivity index (χ1) is 12.9. The minimum Gasteiger partial charge on any atom is -0.299 e. The van der Waals surface area contributed by atoms with Crippen LogP contribution in [0.4, 0.5) is 0 Å². The van der Waals surface area contributed by atoms with Crippen molar-refractivity contribution in [1.82, 2.24) is 20.2 Å². The van der Waals surface area contributed by atoms with Crippen LogP contribution in [0, 0.1) is 13.8 Å². The van der Waals surface area contributed by atoms with Crippen LogP contribution in [-0.2, 0) is 31.2 Å². The van der Waals surface area contributed by atoms with Crippen LogP contribution in [0.5, 0.6) is 0 Å². The zero-order valence-electron chi connectivity index (χ0n) is 17.0. The molecule has 1 amide bonds. The minimum absolute atomic E-state index is 0.293. The van der Waals surface area contributed by atoms with Gasteiger partial charge < -0.3 is 0 Å². The maximum atomic E-state index is 11.1. The zero-order valence-corrected chi connectivity index (χ0v) is 17.0. The highest BCUT2D eigenvalue weighted by molar-refractivity contribution is 5.74. The van der Waals surface area contributed by atoms with Crippen LogP contribution in [-0.4, -0.2) is 38.9 Å². The van der Waals surface area contributed by atoms with Gasteiger partial charge in [-0.25, -0.2) is 5.48 Å². The zero-order chi connectivity index (χ0) is 19.8. The van der Waals surface area contributed by atoms with E-state index in [1.54, 1.807) is 5.48 Å². The molecule has 0 saturated carbocycles. The third kappa shape index (κ3) is 6.19. The molecule has 0 bridgehead atoms. The van der Waals surface area contributed by atoms with E-state index < -0.39 is 0 Å². The molecule has 1 aromatic carbocycles. The first kappa shape index (κ1) is 21.1. The van der Waals surface area contributed by atoms with E-state index in [2.05, 4.69) is 55.0 Å². The van der Waals surface area contributed by atoms with Crippen molar-refractivity contribution in [3.8, 4) is 0 Å². The predicted molar refractivity (Wildman–Crippen MR) is 107 cm³/mol. The number of aromatic nitrogens is 2. The van der Waals surface area contributed by atoms with E-state index in [0.717, 1.165) is 43.7 Å². The second-order valence-electron chi connectivity index (χ2n) is 7.15. The summed E-state index contributed by atoms with van der Waals surface area (Å²) >= 11 is 0. The molecule has 2 aromatic rings. The molecule has 1 heterocycles. The number of rotatable bonds is 10. The van der Waals surface area contributed by atoms with Crippen molar-refractivity contribution in [3.05, 3.63) is 52.3 Å². The number of carbonyl (C=O) groups is 1. The lowest BCUT2D eigenvalue weighted by Crippen LogP contribution is -2.26. The Morgan fingerprint density at radius 2 is 1.81 bits per heavy atom. The summed E-state index contributed by atoms with van der Waals surface area (Å²) in [6.45, 7) is 9.43. The molecule has 6 nitrogen and oxygen atoms in total. The topological polar surface area (TPSA) is 70.4 Å². The molecule has 0 aliphatic heterocycles. The highest BCUT2D eigenvalue weighted by Gasteiger charge is 2.12. The number of benzene rings is 1. The summed E-state index contributed by atoms with van der Waals surface area (Å²) in [5.74, 6) is -0.353. The molecule has 0 aliphatic carbocycles. The van der Waals surface area contributed by atoms with Gasteiger partial charge in [0.1, 0.15) is 0 Å². The van der Waals surface area contributed by atoms with Crippen molar-refractivity contribution >= 4 is 5.91 Å². The Morgan fingerprint density at radius 1 is 1.15 bits per heavy atom. The summed E-state index contributed by atoms with van der Waals surface area (Å²) in [5.41, 5.74) is 7.79. The second kappa shape index (κ2) is 10.2. The van der Waals surface area contributed by atoms with Crippen molar-refractivity contribution in [2.75, 3.05) is 13.1 Å². The third-order valence-electron chi connectivity index (χ3n) is 5.07. The van der Waals surface area contributed by atoms with Crippen molar-refractivity contribution in [3.63, 3.8) is 0 Å². The molecule has 0 radical (unpaired) electrons. The van der Waals surface area contributed by atoms with Crippen molar-refractivity contribution in [2.24, 2.45) is 7.05 Å². The Bertz CT molecular complexity index is 737. The number of hydrogen-bond acceptors (Lipinski definition) is 4. The quantitative estimate of drug-likeness (QED) is 0.497. The summed E-state index contributed by atoms with van der Waals surface area (Å²) in [6, 6.07) is 8.41. The maximum Gasteiger partial charge on any atom is 0.243 e. The Labute approximate surface area is 162 Å². The molecule has 0 unspecified atom stereocenters. The van der Waals surface area contributed by atoms with E-state index in [9.17, 15) is 4.79 Å². The van der Waals surface area contributed by atoms with E-state index >= 15 is 0 Å². The molecule has 0 spiro atoms. The van der Waals surface area contributed by atoms with E-state index in [0.29, 0.717) is 12.8 Å². The molecule has 6 heteroatoms. The lowest BCUT2D eigenvalue weighted by atomic mass is 10.1. The number of aryl methyl sites for hydroxylation is 3. The second-order valence-corrected chi connectivity index (χ2v) is 7.15. The summed E-state index contributed by atoms with van der Waals surface area (Å²) in [6.07, 6.45) is 3.06. The molecule has 2 rings (SSSR count). The number of amides is 1. The van der Waals surface area contributed by atoms with Crippen LogP contribution in [0.2, 0.25) is 0 Å². The molecule has 2 N–H and O–H groups in total. The predicted octanol–water partition coefficient (Wildman–Crippen LogP) is 2.93. The highest BCUT2D eigenvalue weighted by Crippen LogP contribution is 2.15. The van der Waals surface area contributed by atoms with Gasteiger partial charge in [-0.3, -0.25) is 19.6 Å². The molecule has 27 heavy (non-hydrogen) atoms. The lowest BCUT2D eigenvalue weighted by molar-refractivity contribution is -0.129. The van der Waals surface area contributed by atoms with Crippen molar-refractivity contribution in [2.45, 2.75) is 53.0 Å². The smallest absolute Gasteiger partial charge is 0.243 e. The number of hydrogen-bond donors (Lipinski definition) is 2. The van der Waals surface area contributed by atoms with Gasteiger partial charge in [0.2, 0.25) is 5.91 Å². The Kier molecular flexibility index (Phi) is 8.00. The van der Waals surface area contributed by atoms with E-state index in [4.69, 9.17) is 5.21 Å². The molecule has 0 saturated heterocycles. The number of carbonyl (C=O) groups excluding carboxylic acids is 1. The fourth-order valence-electron chi connectivity index (χ4n) is 3.42. The summed E-state index contributed by atoms with van der Waals surface area (Å²) in [7, 11) is 2.00. The van der Waals surface area contributed by atoms with Gasteiger partial charge >= 0.3 is 0 Å². The number of nitrogens with zero attached hydrogens (tertiary/aromatic N) is 3. The molecule has 0 atom stereocenters. The Morgan fingerprint density at radius 3 is 2.37 bits per heavy atom. The monoisotopic (exact) mass is 372 g/mol. The standard InChI is InChI=1S/C21H32N4O2/c1-5-13-25(14-12-20-16(2)22-24(4)17(20)3)15-19-8-6-18(7-9-19)10-11-21(26)23-27/h6-9,27H,5,10-15H2,1-4H3,(H,23,26). The summed E-state index contributed by atoms with van der Waals surface area (Å²) in [4.78, 5) is 13.6. The molecule has 0 fully saturated rings.